The van der Waals surface area contributed by atoms with Gasteiger partial charge in [0.1, 0.15) is 17.0 Å². The Labute approximate surface area is 193 Å². The van der Waals surface area contributed by atoms with Crippen molar-refractivity contribution in [2.24, 2.45) is 0 Å². The third-order valence-corrected chi connectivity index (χ3v) is 5.60. The Morgan fingerprint density at radius 1 is 1.18 bits per heavy atom. The SMILES string of the molecule is CC(=O)c1c(C2CNCCO2)c2ccc(Nc3nccc(-c4ccc(F)cc4)n3)cc2oc1=O. The third-order valence-electron chi connectivity index (χ3n) is 5.60. The summed E-state index contributed by atoms with van der Waals surface area (Å²) in [4.78, 5) is 33.7. The molecule has 2 aromatic carbocycles. The number of benzene rings is 2. The Bertz CT molecular complexity index is 1430. The zero-order valence-electron chi connectivity index (χ0n) is 18.3. The topological polar surface area (TPSA) is 106 Å². The molecule has 2 N–H and O–H groups in total. The quantitative estimate of drug-likeness (QED) is 0.340. The molecule has 1 saturated heterocycles. The molecule has 1 fully saturated rings. The number of morpholine rings is 1. The molecule has 172 valence electrons. The molecule has 1 aliphatic rings. The highest BCUT2D eigenvalue weighted by Gasteiger charge is 2.27. The lowest BCUT2D eigenvalue weighted by Crippen LogP contribution is -2.35. The van der Waals surface area contributed by atoms with Gasteiger partial charge < -0.3 is 19.8 Å². The molecule has 1 unspecified atom stereocenters. The number of nitrogens with zero attached hydrogens (tertiary/aromatic N) is 2. The number of nitrogens with one attached hydrogen (secondary N) is 2. The lowest BCUT2D eigenvalue weighted by Gasteiger charge is -2.26. The largest absolute Gasteiger partial charge is 0.422 e. The fourth-order valence-corrected chi connectivity index (χ4v) is 4.05. The summed E-state index contributed by atoms with van der Waals surface area (Å²) in [7, 11) is 0. The number of carbonyl (C=O) groups is 1. The first kappa shape index (κ1) is 21.9. The zero-order chi connectivity index (χ0) is 23.7. The molecular formula is C25H21FN4O4. The highest BCUT2D eigenvalue weighted by atomic mass is 19.1. The second-order valence-corrected chi connectivity index (χ2v) is 7.91. The summed E-state index contributed by atoms with van der Waals surface area (Å²) >= 11 is 0. The van der Waals surface area contributed by atoms with Gasteiger partial charge in [0, 0.05) is 47.6 Å². The second-order valence-electron chi connectivity index (χ2n) is 7.91. The van der Waals surface area contributed by atoms with Gasteiger partial charge in [0.05, 0.1) is 18.4 Å². The molecule has 34 heavy (non-hydrogen) atoms. The molecule has 0 saturated carbocycles. The van der Waals surface area contributed by atoms with Crippen molar-refractivity contribution in [3.8, 4) is 11.3 Å². The number of rotatable bonds is 5. The van der Waals surface area contributed by atoms with Crippen molar-refractivity contribution >= 4 is 28.4 Å². The summed E-state index contributed by atoms with van der Waals surface area (Å²) in [5.41, 5.74) is 2.13. The van der Waals surface area contributed by atoms with E-state index in [1.165, 1.54) is 19.1 Å². The molecule has 8 nitrogen and oxygen atoms in total. The van der Waals surface area contributed by atoms with E-state index in [0.717, 1.165) is 5.56 Å². The molecule has 2 aromatic heterocycles. The van der Waals surface area contributed by atoms with Gasteiger partial charge in [-0.1, -0.05) is 0 Å². The van der Waals surface area contributed by atoms with Crippen LogP contribution in [0, 0.1) is 5.82 Å². The van der Waals surface area contributed by atoms with Crippen molar-refractivity contribution in [1.29, 1.82) is 0 Å². The average molecular weight is 460 g/mol. The summed E-state index contributed by atoms with van der Waals surface area (Å²) in [6.45, 7) is 3.02. The standard InChI is InChI=1S/C25H21FN4O4/c1-14(31)22-23(21-13-27-10-11-33-21)18-7-6-17(12-20(18)34-24(22)32)29-25-28-9-8-19(30-25)15-2-4-16(26)5-3-15/h2-9,12,21,27H,10-11,13H2,1H3,(H,28,29,30). The molecule has 0 bridgehead atoms. The van der Waals surface area contributed by atoms with Gasteiger partial charge in [-0.25, -0.2) is 19.2 Å². The van der Waals surface area contributed by atoms with Crippen LogP contribution in [-0.4, -0.2) is 35.4 Å². The number of ether oxygens (including phenoxy) is 1. The van der Waals surface area contributed by atoms with Crippen molar-refractivity contribution < 1.29 is 18.3 Å². The van der Waals surface area contributed by atoms with E-state index in [-0.39, 0.29) is 17.2 Å². The number of hydrogen-bond acceptors (Lipinski definition) is 8. The van der Waals surface area contributed by atoms with Gasteiger partial charge in [0.15, 0.2) is 5.78 Å². The number of ketones is 1. The van der Waals surface area contributed by atoms with E-state index in [1.54, 1.807) is 42.6 Å². The fraction of sp³-hybridized carbons (Fsp3) is 0.200. The molecule has 0 spiro atoms. The predicted octanol–water partition coefficient (Wildman–Crippen LogP) is 4.00. The summed E-state index contributed by atoms with van der Waals surface area (Å²) in [5, 5.41) is 6.97. The highest BCUT2D eigenvalue weighted by Crippen LogP contribution is 2.31. The maximum absolute atomic E-state index is 13.2. The molecule has 0 amide bonds. The van der Waals surface area contributed by atoms with Crippen molar-refractivity contribution in [3.05, 3.63) is 82.1 Å². The Morgan fingerprint density at radius 2 is 2.00 bits per heavy atom. The van der Waals surface area contributed by atoms with Crippen LogP contribution in [0.15, 0.2) is 63.9 Å². The van der Waals surface area contributed by atoms with Crippen LogP contribution >= 0.6 is 0 Å². The van der Waals surface area contributed by atoms with Crippen molar-refractivity contribution in [2.45, 2.75) is 13.0 Å². The van der Waals surface area contributed by atoms with E-state index in [9.17, 15) is 14.0 Å². The minimum Gasteiger partial charge on any atom is -0.422 e. The minimum atomic E-state index is -0.698. The number of fused-ring (bicyclic) bond motifs is 1. The fourth-order valence-electron chi connectivity index (χ4n) is 4.05. The van der Waals surface area contributed by atoms with Gasteiger partial charge in [0.25, 0.3) is 0 Å². The molecule has 9 heteroatoms. The number of anilines is 2. The summed E-state index contributed by atoms with van der Waals surface area (Å²) in [5.74, 6) is -0.368. The predicted molar refractivity (Wildman–Crippen MR) is 125 cm³/mol. The van der Waals surface area contributed by atoms with E-state index >= 15 is 0 Å². The first-order valence-electron chi connectivity index (χ1n) is 10.8. The third kappa shape index (κ3) is 4.30. The van der Waals surface area contributed by atoms with Crippen LogP contribution in [0.1, 0.15) is 28.9 Å². The van der Waals surface area contributed by atoms with Gasteiger partial charge in [-0.05, 0) is 49.4 Å². The maximum atomic E-state index is 13.2. The van der Waals surface area contributed by atoms with Gasteiger partial charge in [0.2, 0.25) is 5.95 Å². The summed E-state index contributed by atoms with van der Waals surface area (Å²) in [6.07, 6.45) is 1.16. The first-order valence-corrected chi connectivity index (χ1v) is 10.8. The molecule has 0 radical (unpaired) electrons. The zero-order valence-corrected chi connectivity index (χ0v) is 18.3. The average Bonchev–Trinajstić information content (AvgIpc) is 2.84. The Morgan fingerprint density at radius 3 is 2.74 bits per heavy atom. The van der Waals surface area contributed by atoms with Crippen molar-refractivity contribution in [1.82, 2.24) is 15.3 Å². The number of halogens is 1. The number of carbonyl (C=O) groups excluding carboxylic acids is 1. The van der Waals surface area contributed by atoms with Crippen LogP contribution in [0.25, 0.3) is 22.2 Å². The van der Waals surface area contributed by atoms with Gasteiger partial charge in [-0.2, -0.15) is 0 Å². The lowest BCUT2D eigenvalue weighted by molar-refractivity contribution is 0.0277. The van der Waals surface area contributed by atoms with Crippen molar-refractivity contribution in [2.75, 3.05) is 25.0 Å². The van der Waals surface area contributed by atoms with Crippen LogP contribution in [0.4, 0.5) is 16.0 Å². The van der Waals surface area contributed by atoms with Crippen LogP contribution in [0.5, 0.6) is 0 Å². The van der Waals surface area contributed by atoms with E-state index in [0.29, 0.717) is 53.6 Å². The number of hydrogen-bond donors (Lipinski definition) is 2. The summed E-state index contributed by atoms with van der Waals surface area (Å²) in [6, 6.07) is 13.0. The van der Waals surface area contributed by atoms with E-state index < -0.39 is 11.7 Å². The van der Waals surface area contributed by atoms with E-state index in [1.807, 2.05) is 0 Å². The van der Waals surface area contributed by atoms with Crippen LogP contribution in [0.2, 0.25) is 0 Å². The van der Waals surface area contributed by atoms with Crippen LogP contribution in [0.3, 0.4) is 0 Å². The molecule has 5 rings (SSSR count). The first-order chi connectivity index (χ1) is 16.5. The number of Topliss-reactive ketones (excluding diaryl/α,β-unsaturated/α-hetero) is 1. The maximum Gasteiger partial charge on any atom is 0.347 e. The normalized spacial score (nSPS) is 15.9. The van der Waals surface area contributed by atoms with Crippen molar-refractivity contribution in [3.63, 3.8) is 0 Å². The van der Waals surface area contributed by atoms with E-state index in [2.05, 4.69) is 20.6 Å². The smallest absolute Gasteiger partial charge is 0.347 e. The molecule has 1 atom stereocenters. The van der Waals surface area contributed by atoms with E-state index in [4.69, 9.17) is 9.15 Å². The highest BCUT2D eigenvalue weighted by molar-refractivity contribution is 6.00. The molecular weight excluding hydrogens is 439 g/mol. The minimum absolute atomic E-state index is 0.0113. The van der Waals surface area contributed by atoms with Crippen LogP contribution in [-0.2, 0) is 4.74 Å². The Hall–Kier alpha value is -3.95. The summed E-state index contributed by atoms with van der Waals surface area (Å²) < 4.78 is 24.6. The lowest BCUT2D eigenvalue weighted by atomic mass is 9.96. The van der Waals surface area contributed by atoms with Gasteiger partial charge >= 0.3 is 5.63 Å². The van der Waals surface area contributed by atoms with Crippen LogP contribution < -0.4 is 16.3 Å². The second kappa shape index (κ2) is 9.12. The molecule has 4 aromatic rings. The molecule has 1 aliphatic heterocycles. The number of aromatic nitrogens is 2. The van der Waals surface area contributed by atoms with Gasteiger partial charge in [-0.3, -0.25) is 4.79 Å². The monoisotopic (exact) mass is 460 g/mol. The Kier molecular flexibility index (Phi) is 5.87. The molecule has 0 aliphatic carbocycles. The Balaban J connectivity index is 1.52. The van der Waals surface area contributed by atoms with Gasteiger partial charge in [-0.15, -0.1) is 0 Å². The molecule has 3 heterocycles.